The molecule has 3 aromatic rings. The Bertz CT molecular complexity index is 893. The smallest absolute Gasteiger partial charge is 0.262 e. The van der Waals surface area contributed by atoms with Gasteiger partial charge in [-0.2, -0.15) is 0 Å². The molecule has 4 nitrogen and oxygen atoms in total. The van der Waals surface area contributed by atoms with Gasteiger partial charge >= 0.3 is 0 Å². The highest BCUT2D eigenvalue weighted by atomic mass is 35.5. The van der Waals surface area contributed by atoms with Gasteiger partial charge in [-0.05, 0) is 11.6 Å². The van der Waals surface area contributed by atoms with E-state index < -0.39 is 0 Å². The molecule has 1 heterocycles. The fourth-order valence-corrected chi connectivity index (χ4v) is 3.90. The molecule has 0 fully saturated rings. The maximum atomic E-state index is 12.3. The van der Waals surface area contributed by atoms with Gasteiger partial charge in [0, 0.05) is 23.2 Å². The van der Waals surface area contributed by atoms with Gasteiger partial charge in [-0.15, -0.1) is 11.3 Å². The van der Waals surface area contributed by atoms with Crippen molar-refractivity contribution >= 4 is 44.8 Å². The molecule has 2 N–H and O–H groups in total. The van der Waals surface area contributed by atoms with Gasteiger partial charge in [0.2, 0.25) is 5.91 Å². The maximum absolute atomic E-state index is 12.3. The number of nitrogens with one attached hydrogen (secondary N) is 2. The summed E-state index contributed by atoms with van der Waals surface area (Å²) in [5.74, 6) is -0.288. The van der Waals surface area contributed by atoms with E-state index in [1.54, 1.807) is 0 Å². The molecule has 2 amide bonds. The van der Waals surface area contributed by atoms with E-state index in [1.165, 1.54) is 11.3 Å². The predicted molar refractivity (Wildman–Crippen MR) is 102 cm³/mol. The van der Waals surface area contributed by atoms with E-state index in [4.69, 9.17) is 11.6 Å². The third-order valence-corrected chi connectivity index (χ3v) is 5.36. The second-order valence-corrected chi connectivity index (χ2v) is 6.94. The first kappa shape index (κ1) is 17.5. The first-order valence-electron chi connectivity index (χ1n) is 7.91. The Balaban J connectivity index is 1.47. The number of hydrogen-bond acceptors (Lipinski definition) is 3. The van der Waals surface area contributed by atoms with Gasteiger partial charge in [0.1, 0.15) is 4.88 Å². The Hall–Kier alpha value is -2.37. The number of carbonyl (C=O) groups is 2. The van der Waals surface area contributed by atoms with E-state index in [1.807, 2.05) is 54.6 Å². The van der Waals surface area contributed by atoms with Crippen molar-refractivity contribution in [2.75, 3.05) is 13.1 Å². The SMILES string of the molecule is O=C(Cc1ccccc1)NCCNC(=O)c1sc2ccccc2c1Cl. The minimum Gasteiger partial charge on any atom is -0.354 e. The summed E-state index contributed by atoms with van der Waals surface area (Å²) in [5, 5.41) is 6.95. The summed E-state index contributed by atoms with van der Waals surface area (Å²) in [4.78, 5) is 24.6. The summed E-state index contributed by atoms with van der Waals surface area (Å²) >= 11 is 7.65. The molecule has 0 radical (unpaired) electrons. The van der Waals surface area contributed by atoms with Gasteiger partial charge in [0.15, 0.2) is 0 Å². The van der Waals surface area contributed by atoms with Crippen LogP contribution in [0.5, 0.6) is 0 Å². The molecule has 1 aromatic heterocycles. The maximum Gasteiger partial charge on any atom is 0.262 e. The molecule has 0 spiro atoms. The van der Waals surface area contributed by atoms with Crippen molar-refractivity contribution in [1.29, 1.82) is 0 Å². The zero-order valence-electron chi connectivity index (χ0n) is 13.4. The average Bonchev–Trinajstić information content (AvgIpc) is 2.97. The minimum absolute atomic E-state index is 0.0691. The van der Waals surface area contributed by atoms with E-state index in [9.17, 15) is 9.59 Å². The van der Waals surface area contributed by atoms with Crippen LogP contribution in [-0.2, 0) is 11.2 Å². The van der Waals surface area contributed by atoms with Crippen molar-refractivity contribution in [3.63, 3.8) is 0 Å². The topological polar surface area (TPSA) is 58.2 Å². The summed E-state index contributed by atoms with van der Waals surface area (Å²) in [6.07, 6.45) is 0.330. The van der Waals surface area contributed by atoms with Crippen LogP contribution in [0.3, 0.4) is 0 Å². The zero-order chi connectivity index (χ0) is 17.6. The Morgan fingerprint density at radius 1 is 0.920 bits per heavy atom. The Morgan fingerprint density at radius 3 is 2.36 bits per heavy atom. The van der Waals surface area contributed by atoms with Crippen LogP contribution in [0.15, 0.2) is 54.6 Å². The number of amides is 2. The molecule has 2 aromatic carbocycles. The molecule has 25 heavy (non-hydrogen) atoms. The Morgan fingerprint density at radius 2 is 1.60 bits per heavy atom. The molecule has 0 unspecified atom stereocenters. The second kappa shape index (κ2) is 8.14. The van der Waals surface area contributed by atoms with E-state index >= 15 is 0 Å². The first-order valence-corrected chi connectivity index (χ1v) is 9.10. The van der Waals surface area contributed by atoms with E-state index in [0.717, 1.165) is 15.6 Å². The van der Waals surface area contributed by atoms with E-state index in [-0.39, 0.29) is 11.8 Å². The monoisotopic (exact) mass is 372 g/mol. The fraction of sp³-hybridized carbons (Fsp3) is 0.158. The van der Waals surface area contributed by atoms with E-state index in [2.05, 4.69) is 10.6 Å². The molecular weight excluding hydrogens is 356 g/mol. The van der Waals surface area contributed by atoms with Gasteiger partial charge < -0.3 is 10.6 Å². The van der Waals surface area contributed by atoms with Gasteiger partial charge in [0.05, 0.1) is 11.4 Å². The molecule has 0 aliphatic rings. The fourth-order valence-electron chi connectivity index (χ4n) is 2.46. The van der Waals surface area contributed by atoms with Crippen LogP contribution in [0, 0.1) is 0 Å². The van der Waals surface area contributed by atoms with Gasteiger partial charge in [-0.3, -0.25) is 9.59 Å². The number of rotatable bonds is 6. The quantitative estimate of drug-likeness (QED) is 0.649. The van der Waals surface area contributed by atoms with E-state index in [0.29, 0.717) is 29.4 Å². The van der Waals surface area contributed by atoms with Crippen LogP contribution in [0.2, 0.25) is 5.02 Å². The molecular formula is C19H17ClN2O2S. The highest BCUT2D eigenvalue weighted by molar-refractivity contribution is 7.21. The van der Waals surface area contributed by atoms with Crippen LogP contribution in [0.25, 0.3) is 10.1 Å². The summed E-state index contributed by atoms with van der Waals surface area (Å²) in [6, 6.07) is 17.2. The second-order valence-electron chi connectivity index (χ2n) is 5.51. The van der Waals surface area contributed by atoms with Gasteiger partial charge in [-0.1, -0.05) is 60.1 Å². The van der Waals surface area contributed by atoms with Crippen molar-refractivity contribution in [1.82, 2.24) is 10.6 Å². The lowest BCUT2D eigenvalue weighted by atomic mass is 10.1. The zero-order valence-corrected chi connectivity index (χ0v) is 15.0. The van der Waals surface area contributed by atoms with Crippen LogP contribution in [0.4, 0.5) is 0 Å². The molecule has 0 atom stereocenters. The van der Waals surface area contributed by atoms with Crippen LogP contribution >= 0.6 is 22.9 Å². The predicted octanol–water partition coefficient (Wildman–Crippen LogP) is 3.64. The van der Waals surface area contributed by atoms with Crippen molar-refractivity contribution in [2.24, 2.45) is 0 Å². The lowest BCUT2D eigenvalue weighted by Crippen LogP contribution is -2.35. The molecule has 0 saturated carbocycles. The number of benzene rings is 2. The number of carbonyl (C=O) groups excluding carboxylic acids is 2. The molecule has 0 bridgehead atoms. The molecule has 0 aliphatic carbocycles. The number of hydrogen-bond donors (Lipinski definition) is 2. The largest absolute Gasteiger partial charge is 0.354 e. The first-order chi connectivity index (χ1) is 12.1. The summed E-state index contributed by atoms with van der Waals surface area (Å²) in [5.41, 5.74) is 0.959. The molecule has 0 saturated heterocycles. The Kier molecular flexibility index (Phi) is 5.68. The third-order valence-electron chi connectivity index (χ3n) is 3.68. The van der Waals surface area contributed by atoms with Crippen molar-refractivity contribution in [3.8, 4) is 0 Å². The van der Waals surface area contributed by atoms with Crippen molar-refractivity contribution in [3.05, 3.63) is 70.1 Å². The highest BCUT2D eigenvalue weighted by Gasteiger charge is 2.16. The highest BCUT2D eigenvalue weighted by Crippen LogP contribution is 2.34. The summed E-state index contributed by atoms with van der Waals surface area (Å²) in [6.45, 7) is 0.726. The standard InChI is InChI=1S/C19H17ClN2O2S/c20-17-14-8-4-5-9-15(14)25-18(17)19(24)22-11-10-21-16(23)12-13-6-2-1-3-7-13/h1-9H,10-12H2,(H,21,23)(H,22,24). The average molecular weight is 373 g/mol. The number of halogens is 1. The summed E-state index contributed by atoms with van der Waals surface area (Å²) < 4.78 is 0.980. The number of thiophene rings is 1. The molecule has 0 aliphatic heterocycles. The number of fused-ring (bicyclic) bond motifs is 1. The lowest BCUT2D eigenvalue weighted by molar-refractivity contribution is -0.120. The van der Waals surface area contributed by atoms with Crippen LogP contribution in [-0.4, -0.2) is 24.9 Å². The molecule has 3 rings (SSSR count). The summed E-state index contributed by atoms with van der Waals surface area (Å²) in [7, 11) is 0. The Labute approximate surface area is 154 Å². The normalized spacial score (nSPS) is 10.6. The third kappa shape index (κ3) is 4.38. The molecule has 6 heteroatoms. The van der Waals surface area contributed by atoms with Crippen LogP contribution in [0.1, 0.15) is 15.2 Å². The minimum atomic E-state index is -0.219. The molecule has 128 valence electrons. The van der Waals surface area contributed by atoms with Crippen LogP contribution < -0.4 is 10.6 Å². The van der Waals surface area contributed by atoms with Gasteiger partial charge in [-0.25, -0.2) is 0 Å². The van der Waals surface area contributed by atoms with Crippen molar-refractivity contribution < 1.29 is 9.59 Å². The van der Waals surface area contributed by atoms with Crippen molar-refractivity contribution in [2.45, 2.75) is 6.42 Å². The van der Waals surface area contributed by atoms with Gasteiger partial charge in [0.25, 0.3) is 5.91 Å². The lowest BCUT2D eigenvalue weighted by Gasteiger charge is -2.07.